The lowest BCUT2D eigenvalue weighted by Crippen LogP contribution is -2.54. The van der Waals surface area contributed by atoms with Crippen molar-refractivity contribution >= 4 is 11.7 Å². The van der Waals surface area contributed by atoms with E-state index in [0.717, 1.165) is 50.2 Å². The highest BCUT2D eigenvalue weighted by molar-refractivity contribution is 5.97. The Bertz CT molecular complexity index is 707. The molecule has 7 nitrogen and oxygen atoms in total. The van der Waals surface area contributed by atoms with E-state index >= 15 is 0 Å². The number of fused-ring (bicyclic) bond motifs is 1. The van der Waals surface area contributed by atoms with Crippen LogP contribution in [0.3, 0.4) is 0 Å². The van der Waals surface area contributed by atoms with Gasteiger partial charge in [-0.3, -0.25) is 14.4 Å². The zero-order chi connectivity index (χ0) is 15.8. The van der Waals surface area contributed by atoms with Gasteiger partial charge in [-0.1, -0.05) is 5.16 Å². The number of anilines is 1. The van der Waals surface area contributed by atoms with Crippen LogP contribution >= 0.6 is 0 Å². The Morgan fingerprint density at radius 3 is 3.13 bits per heavy atom. The van der Waals surface area contributed by atoms with Crippen molar-refractivity contribution in [3.8, 4) is 0 Å². The predicted molar refractivity (Wildman–Crippen MR) is 84.0 cm³/mol. The predicted octanol–water partition coefficient (Wildman–Crippen LogP) is 1.05. The smallest absolute Gasteiger partial charge is 0.245 e. The van der Waals surface area contributed by atoms with Crippen LogP contribution in [0.25, 0.3) is 0 Å². The first-order chi connectivity index (χ1) is 11.2. The highest BCUT2D eigenvalue weighted by Gasteiger charge is 2.33. The summed E-state index contributed by atoms with van der Waals surface area (Å²) >= 11 is 0. The number of piperidine rings is 1. The molecule has 2 unspecified atom stereocenters. The standard InChI is InChI=1S/C16H21N5O2/c1-20-15(6-7-17-20)21-8-2-3-13(16(21)22)19-12-5-4-11-10-18-23-14(11)9-12/h6-7,10,12-13,19H,2-5,8-9H2,1H3. The number of aromatic nitrogens is 3. The van der Waals surface area contributed by atoms with E-state index in [0.29, 0.717) is 0 Å². The summed E-state index contributed by atoms with van der Waals surface area (Å²) in [6, 6.07) is 2.03. The third kappa shape index (κ3) is 2.65. The first-order valence-corrected chi connectivity index (χ1v) is 8.20. The summed E-state index contributed by atoms with van der Waals surface area (Å²) in [6.45, 7) is 0.757. The fourth-order valence-corrected chi connectivity index (χ4v) is 3.63. The lowest BCUT2D eigenvalue weighted by atomic mass is 9.92. The van der Waals surface area contributed by atoms with Gasteiger partial charge in [0.2, 0.25) is 5.91 Å². The molecule has 1 aliphatic heterocycles. The molecule has 122 valence electrons. The van der Waals surface area contributed by atoms with E-state index in [1.165, 1.54) is 5.56 Å². The van der Waals surface area contributed by atoms with Gasteiger partial charge >= 0.3 is 0 Å². The molecule has 1 aliphatic carbocycles. The number of carbonyl (C=O) groups is 1. The van der Waals surface area contributed by atoms with Crippen LogP contribution in [0.2, 0.25) is 0 Å². The molecule has 0 saturated carbocycles. The van der Waals surface area contributed by atoms with Crippen molar-refractivity contribution in [2.24, 2.45) is 7.05 Å². The summed E-state index contributed by atoms with van der Waals surface area (Å²) in [7, 11) is 1.87. The molecule has 0 radical (unpaired) electrons. The van der Waals surface area contributed by atoms with Crippen molar-refractivity contribution in [2.75, 3.05) is 11.4 Å². The lowest BCUT2D eigenvalue weighted by molar-refractivity contribution is -0.122. The first-order valence-electron chi connectivity index (χ1n) is 8.20. The summed E-state index contributed by atoms with van der Waals surface area (Å²) in [5.41, 5.74) is 1.20. The third-order valence-corrected chi connectivity index (χ3v) is 4.87. The molecule has 1 amide bonds. The minimum Gasteiger partial charge on any atom is -0.361 e. The summed E-state index contributed by atoms with van der Waals surface area (Å²) in [6.07, 6.45) is 8.20. The Hall–Kier alpha value is -2.15. The second-order valence-electron chi connectivity index (χ2n) is 6.38. The number of carbonyl (C=O) groups excluding carboxylic acids is 1. The zero-order valence-electron chi connectivity index (χ0n) is 13.2. The van der Waals surface area contributed by atoms with Crippen LogP contribution in [0.15, 0.2) is 23.0 Å². The minimum atomic E-state index is -0.131. The van der Waals surface area contributed by atoms with Crippen LogP contribution in [-0.2, 0) is 24.7 Å². The Labute approximate surface area is 134 Å². The van der Waals surface area contributed by atoms with Crippen LogP contribution in [0.4, 0.5) is 5.82 Å². The van der Waals surface area contributed by atoms with Crippen molar-refractivity contribution < 1.29 is 9.32 Å². The van der Waals surface area contributed by atoms with Gasteiger partial charge in [0.1, 0.15) is 11.6 Å². The molecule has 0 bridgehead atoms. The molecule has 1 fully saturated rings. The van der Waals surface area contributed by atoms with E-state index in [2.05, 4.69) is 15.6 Å². The number of nitrogens with zero attached hydrogens (tertiary/aromatic N) is 4. The maximum atomic E-state index is 12.8. The molecular weight excluding hydrogens is 294 g/mol. The van der Waals surface area contributed by atoms with E-state index in [9.17, 15) is 4.79 Å². The van der Waals surface area contributed by atoms with Crippen LogP contribution in [0.5, 0.6) is 0 Å². The molecule has 2 aromatic rings. The van der Waals surface area contributed by atoms with E-state index < -0.39 is 0 Å². The van der Waals surface area contributed by atoms with Gasteiger partial charge in [-0.25, -0.2) is 0 Å². The monoisotopic (exact) mass is 315 g/mol. The zero-order valence-corrected chi connectivity index (χ0v) is 13.2. The first kappa shape index (κ1) is 14.4. The number of hydrogen-bond donors (Lipinski definition) is 1. The van der Waals surface area contributed by atoms with Gasteiger partial charge in [0.05, 0.1) is 18.4 Å². The van der Waals surface area contributed by atoms with Gasteiger partial charge < -0.3 is 9.84 Å². The van der Waals surface area contributed by atoms with Crippen LogP contribution in [0, 0.1) is 0 Å². The summed E-state index contributed by atoms with van der Waals surface area (Å²) in [4.78, 5) is 14.7. The molecule has 0 aromatic carbocycles. The van der Waals surface area contributed by atoms with Gasteiger partial charge in [0.15, 0.2) is 0 Å². The Morgan fingerprint density at radius 2 is 2.30 bits per heavy atom. The quantitative estimate of drug-likeness (QED) is 0.916. The Morgan fingerprint density at radius 1 is 1.39 bits per heavy atom. The van der Waals surface area contributed by atoms with Gasteiger partial charge in [0, 0.05) is 37.7 Å². The SMILES string of the molecule is Cn1nccc1N1CCCC(NC2CCc3cnoc3C2)C1=O. The molecule has 4 rings (SSSR count). The molecule has 1 saturated heterocycles. The number of nitrogens with one attached hydrogen (secondary N) is 1. The minimum absolute atomic E-state index is 0.131. The molecule has 23 heavy (non-hydrogen) atoms. The molecular formula is C16H21N5O2. The van der Waals surface area contributed by atoms with Gasteiger partial charge in [-0.05, 0) is 25.7 Å². The second-order valence-corrected chi connectivity index (χ2v) is 6.38. The van der Waals surface area contributed by atoms with E-state index in [1.807, 2.05) is 18.0 Å². The summed E-state index contributed by atoms with van der Waals surface area (Å²) < 4.78 is 7.05. The molecule has 3 heterocycles. The summed E-state index contributed by atoms with van der Waals surface area (Å²) in [5.74, 6) is 1.96. The molecule has 0 spiro atoms. The summed E-state index contributed by atoms with van der Waals surface area (Å²) in [5, 5.41) is 11.6. The molecule has 1 N–H and O–H groups in total. The van der Waals surface area contributed by atoms with Crippen LogP contribution in [0.1, 0.15) is 30.6 Å². The van der Waals surface area contributed by atoms with E-state index in [4.69, 9.17) is 4.52 Å². The number of hydrogen-bond acceptors (Lipinski definition) is 5. The Balaban J connectivity index is 1.45. The Kier molecular flexibility index (Phi) is 3.65. The molecule has 7 heteroatoms. The van der Waals surface area contributed by atoms with Crippen molar-refractivity contribution in [1.82, 2.24) is 20.3 Å². The highest BCUT2D eigenvalue weighted by atomic mass is 16.5. The van der Waals surface area contributed by atoms with Gasteiger partial charge in [-0.15, -0.1) is 0 Å². The van der Waals surface area contributed by atoms with Gasteiger partial charge in [-0.2, -0.15) is 5.10 Å². The maximum Gasteiger partial charge on any atom is 0.245 e. The molecule has 2 aliphatic rings. The fraction of sp³-hybridized carbons (Fsp3) is 0.562. The van der Waals surface area contributed by atoms with Crippen molar-refractivity contribution in [2.45, 2.75) is 44.2 Å². The van der Waals surface area contributed by atoms with E-state index in [1.54, 1.807) is 17.1 Å². The maximum absolute atomic E-state index is 12.8. The van der Waals surface area contributed by atoms with Crippen molar-refractivity contribution in [3.63, 3.8) is 0 Å². The van der Waals surface area contributed by atoms with Crippen molar-refractivity contribution in [1.29, 1.82) is 0 Å². The number of amides is 1. The van der Waals surface area contributed by atoms with Gasteiger partial charge in [0.25, 0.3) is 0 Å². The normalized spacial score (nSPS) is 24.7. The van der Waals surface area contributed by atoms with Crippen LogP contribution in [-0.4, -0.2) is 39.5 Å². The van der Waals surface area contributed by atoms with E-state index in [-0.39, 0.29) is 18.0 Å². The average Bonchev–Trinajstić information content (AvgIpc) is 3.18. The topological polar surface area (TPSA) is 76.2 Å². The number of rotatable bonds is 3. The highest BCUT2D eigenvalue weighted by Crippen LogP contribution is 2.24. The third-order valence-electron chi connectivity index (χ3n) is 4.87. The van der Waals surface area contributed by atoms with Crippen LogP contribution < -0.4 is 10.2 Å². The lowest BCUT2D eigenvalue weighted by Gasteiger charge is -2.35. The number of aryl methyl sites for hydroxylation is 2. The average molecular weight is 315 g/mol. The molecule has 2 aromatic heterocycles. The second kappa shape index (κ2) is 5.81. The largest absolute Gasteiger partial charge is 0.361 e. The van der Waals surface area contributed by atoms with Crippen molar-refractivity contribution in [3.05, 3.63) is 29.8 Å². The molecule has 2 atom stereocenters. The fourth-order valence-electron chi connectivity index (χ4n) is 3.63.